The van der Waals surface area contributed by atoms with Crippen molar-refractivity contribution in [1.29, 1.82) is 0 Å². The molecule has 1 aromatic rings. The molecular weight excluding hydrogens is 260 g/mol. The van der Waals surface area contributed by atoms with E-state index in [9.17, 15) is 4.79 Å². The average molecular weight is 280 g/mol. The van der Waals surface area contributed by atoms with Crippen molar-refractivity contribution in [2.75, 3.05) is 21.3 Å². The van der Waals surface area contributed by atoms with Gasteiger partial charge >= 0.3 is 5.97 Å². The molecule has 5 heteroatoms. The number of aryl methyl sites for hydroxylation is 1. The second-order valence-electron chi connectivity index (χ2n) is 4.88. The van der Waals surface area contributed by atoms with Gasteiger partial charge in [0, 0.05) is 20.6 Å². The first-order chi connectivity index (χ1) is 9.57. The molecule has 0 saturated carbocycles. The molecule has 1 heterocycles. The minimum absolute atomic E-state index is 0.378. The summed E-state index contributed by atoms with van der Waals surface area (Å²) in [5.41, 5.74) is 1.35. The second kappa shape index (κ2) is 5.91. The van der Waals surface area contributed by atoms with Gasteiger partial charge in [-0.3, -0.25) is 0 Å². The van der Waals surface area contributed by atoms with Crippen LogP contribution in [0.2, 0.25) is 0 Å². The minimum atomic E-state index is -0.725. The zero-order valence-electron chi connectivity index (χ0n) is 12.2. The van der Waals surface area contributed by atoms with E-state index in [-0.39, 0.29) is 5.97 Å². The molecule has 110 valence electrons. The van der Waals surface area contributed by atoms with Gasteiger partial charge < -0.3 is 18.9 Å². The van der Waals surface area contributed by atoms with Crippen molar-refractivity contribution >= 4 is 5.97 Å². The predicted molar refractivity (Wildman–Crippen MR) is 72.2 cm³/mol. The van der Waals surface area contributed by atoms with Crippen LogP contribution in [0.1, 0.15) is 17.5 Å². The topological polar surface area (TPSA) is 57.3 Å². The largest absolute Gasteiger partial charge is 0.467 e. The van der Waals surface area contributed by atoms with Crippen LogP contribution in [0.25, 0.3) is 0 Å². The molecule has 1 saturated heterocycles. The van der Waals surface area contributed by atoms with Crippen molar-refractivity contribution in [1.82, 2.24) is 0 Å². The van der Waals surface area contributed by atoms with Crippen LogP contribution in [0.15, 0.2) is 24.3 Å². The van der Waals surface area contributed by atoms with Gasteiger partial charge in [-0.2, -0.15) is 0 Å². The standard InChI is InChI=1S/C15H20O5/c1-10-5-7-11(8-6-10)15(9-12(17-2)18-3)13(20-15)14(16)19-4/h5-8,12-13H,9H2,1-4H3. The van der Waals surface area contributed by atoms with Crippen LogP contribution >= 0.6 is 0 Å². The van der Waals surface area contributed by atoms with Crippen molar-refractivity contribution in [3.05, 3.63) is 35.4 Å². The lowest BCUT2D eigenvalue weighted by Crippen LogP contribution is -2.27. The summed E-state index contributed by atoms with van der Waals surface area (Å²) in [4.78, 5) is 11.8. The molecule has 1 aromatic carbocycles. The zero-order chi connectivity index (χ0) is 14.8. The van der Waals surface area contributed by atoms with E-state index in [4.69, 9.17) is 18.9 Å². The molecule has 2 rings (SSSR count). The normalized spacial score (nSPS) is 24.8. The Kier molecular flexibility index (Phi) is 4.42. The van der Waals surface area contributed by atoms with Crippen LogP contribution in [-0.2, 0) is 29.3 Å². The third-order valence-corrected chi connectivity index (χ3v) is 3.65. The number of carbonyl (C=O) groups is 1. The molecule has 0 bridgehead atoms. The van der Waals surface area contributed by atoms with Crippen LogP contribution in [-0.4, -0.2) is 39.7 Å². The van der Waals surface area contributed by atoms with Crippen molar-refractivity contribution in [3.63, 3.8) is 0 Å². The second-order valence-corrected chi connectivity index (χ2v) is 4.88. The quantitative estimate of drug-likeness (QED) is 0.451. The zero-order valence-corrected chi connectivity index (χ0v) is 12.2. The van der Waals surface area contributed by atoms with E-state index in [1.807, 2.05) is 31.2 Å². The molecular formula is C15H20O5. The summed E-state index contributed by atoms with van der Waals surface area (Å²) < 4.78 is 20.9. The fourth-order valence-corrected chi connectivity index (χ4v) is 2.36. The number of benzene rings is 1. The van der Waals surface area contributed by atoms with Crippen molar-refractivity contribution < 1.29 is 23.7 Å². The first-order valence-corrected chi connectivity index (χ1v) is 6.45. The van der Waals surface area contributed by atoms with Crippen molar-refractivity contribution in [3.8, 4) is 0 Å². The summed E-state index contributed by atoms with van der Waals surface area (Å²) in [6.07, 6.45) is -0.614. The third kappa shape index (κ3) is 2.70. The van der Waals surface area contributed by atoms with E-state index < -0.39 is 18.0 Å². The lowest BCUT2D eigenvalue weighted by atomic mass is 9.91. The van der Waals surface area contributed by atoms with Crippen LogP contribution in [0, 0.1) is 6.92 Å². The maximum Gasteiger partial charge on any atom is 0.338 e. The highest BCUT2D eigenvalue weighted by molar-refractivity contribution is 5.79. The van der Waals surface area contributed by atoms with Crippen LogP contribution < -0.4 is 0 Å². The van der Waals surface area contributed by atoms with Gasteiger partial charge in [-0.25, -0.2) is 4.79 Å². The van der Waals surface area contributed by atoms with Gasteiger partial charge in [-0.15, -0.1) is 0 Å². The van der Waals surface area contributed by atoms with Crippen molar-refractivity contribution in [2.24, 2.45) is 0 Å². The number of hydrogen-bond donors (Lipinski definition) is 0. The number of carbonyl (C=O) groups excluding carboxylic acids is 1. The van der Waals surface area contributed by atoms with Crippen LogP contribution in [0.4, 0.5) is 0 Å². The highest BCUT2D eigenvalue weighted by Crippen LogP contribution is 2.50. The Bertz CT molecular complexity index is 466. The fraction of sp³-hybridized carbons (Fsp3) is 0.533. The van der Waals surface area contributed by atoms with Gasteiger partial charge in [0.2, 0.25) is 0 Å². The molecule has 0 aliphatic carbocycles. The van der Waals surface area contributed by atoms with Crippen LogP contribution in [0.3, 0.4) is 0 Å². The smallest absolute Gasteiger partial charge is 0.338 e. The van der Waals surface area contributed by atoms with Crippen molar-refractivity contribution in [2.45, 2.75) is 31.3 Å². The van der Waals surface area contributed by atoms with E-state index in [2.05, 4.69) is 0 Å². The Morgan fingerprint density at radius 3 is 2.35 bits per heavy atom. The van der Waals surface area contributed by atoms with E-state index in [0.29, 0.717) is 6.42 Å². The highest BCUT2D eigenvalue weighted by Gasteiger charge is 2.63. The Hall–Kier alpha value is -1.43. The average Bonchev–Trinajstić information content (AvgIpc) is 3.20. The molecule has 20 heavy (non-hydrogen) atoms. The molecule has 1 fully saturated rings. The molecule has 0 radical (unpaired) electrons. The lowest BCUT2D eigenvalue weighted by molar-refractivity contribution is -0.142. The lowest BCUT2D eigenvalue weighted by Gasteiger charge is -2.19. The Labute approximate surface area is 118 Å². The Balaban J connectivity index is 2.27. The number of rotatable bonds is 6. The van der Waals surface area contributed by atoms with Gasteiger partial charge in [-0.1, -0.05) is 29.8 Å². The molecule has 0 N–H and O–H groups in total. The monoisotopic (exact) mass is 280 g/mol. The molecule has 5 nitrogen and oxygen atoms in total. The number of epoxide rings is 1. The van der Waals surface area contributed by atoms with E-state index in [1.165, 1.54) is 7.11 Å². The minimum Gasteiger partial charge on any atom is -0.467 e. The van der Waals surface area contributed by atoms with Gasteiger partial charge in [0.15, 0.2) is 12.4 Å². The maximum atomic E-state index is 11.8. The fourth-order valence-electron chi connectivity index (χ4n) is 2.36. The number of hydrogen-bond acceptors (Lipinski definition) is 5. The molecule has 1 aliphatic rings. The summed E-state index contributed by atoms with van der Waals surface area (Å²) in [5, 5.41) is 0. The number of esters is 1. The van der Waals surface area contributed by atoms with E-state index in [1.54, 1.807) is 14.2 Å². The summed E-state index contributed by atoms with van der Waals surface area (Å²) >= 11 is 0. The molecule has 2 unspecified atom stereocenters. The molecule has 0 amide bonds. The molecule has 1 aliphatic heterocycles. The Morgan fingerprint density at radius 1 is 1.25 bits per heavy atom. The first kappa shape index (κ1) is 15.0. The SMILES string of the molecule is COC(=O)C1OC1(CC(OC)OC)c1ccc(C)cc1. The van der Waals surface area contributed by atoms with Crippen LogP contribution in [0.5, 0.6) is 0 Å². The van der Waals surface area contributed by atoms with Gasteiger partial charge in [0.05, 0.1) is 7.11 Å². The number of ether oxygens (including phenoxy) is 4. The van der Waals surface area contributed by atoms with Gasteiger partial charge in [0.1, 0.15) is 5.60 Å². The van der Waals surface area contributed by atoms with E-state index in [0.717, 1.165) is 11.1 Å². The summed E-state index contributed by atoms with van der Waals surface area (Å²) in [7, 11) is 4.48. The maximum absolute atomic E-state index is 11.8. The summed E-state index contributed by atoms with van der Waals surface area (Å²) in [6, 6.07) is 7.89. The predicted octanol–water partition coefficient (Wildman–Crippen LogP) is 1.77. The number of methoxy groups -OCH3 is 3. The highest BCUT2D eigenvalue weighted by atomic mass is 16.7. The first-order valence-electron chi connectivity index (χ1n) is 6.45. The Morgan fingerprint density at radius 2 is 1.85 bits per heavy atom. The molecule has 0 aromatic heterocycles. The third-order valence-electron chi connectivity index (χ3n) is 3.65. The molecule has 0 spiro atoms. The van der Waals surface area contributed by atoms with Gasteiger partial charge in [0.25, 0.3) is 0 Å². The summed E-state index contributed by atoms with van der Waals surface area (Å²) in [5.74, 6) is -0.378. The summed E-state index contributed by atoms with van der Waals surface area (Å²) in [6.45, 7) is 2.01. The molecule has 2 atom stereocenters. The van der Waals surface area contributed by atoms with E-state index >= 15 is 0 Å². The van der Waals surface area contributed by atoms with Gasteiger partial charge in [-0.05, 0) is 12.5 Å².